The Morgan fingerprint density at radius 2 is 1.93 bits per heavy atom. The van der Waals surface area contributed by atoms with Gasteiger partial charge in [0.15, 0.2) is 0 Å². The Balaban J connectivity index is 2.88. The van der Waals surface area contributed by atoms with Crippen molar-refractivity contribution in [3.63, 3.8) is 0 Å². The Morgan fingerprint density at radius 1 is 1.21 bits per heavy atom. The molecule has 0 N–H and O–H groups in total. The maximum Gasteiger partial charge on any atom is 0.0437 e. The first-order chi connectivity index (χ1) is 6.69. The number of nitrogens with zero attached hydrogens (tertiary/aromatic N) is 1. The van der Waals surface area contributed by atoms with Gasteiger partial charge in [0, 0.05) is 17.3 Å². The van der Waals surface area contributed by atoms with Gasteiger partial charge in [0.05, 0.1) is 0 Å². The van der Waals surface area contributed by atoms with Crippen LogP contribution >= 0.6 is 0 Å². The van der Waals surface area contributed by atoms with Gasteiger partial charge in [0.25, 0.3) is 0 Å². The van der Waals surface area contributed by atoms with Crippen molar-refractivity contribution in [2.24, 2.45) is 0 Å². The van der Waals surface area contributed by atoms with Crippen LogP contribution in [0.4, 0.5) is 0 Å². The maximum atomic E-state index is 4.66. The summed E-state index contributed by atoms with van der Waals surface area (Å²) in [4.78, 5) is 4.66. The first kappa shape index (κ1) is 11.2. The highest BCUT2D eigenvalue weighted by Gasteiger charge is 2.09. The molecule has 1 unspecified atom stereocenters. The van der Waals surface area contributed by atoms with Crippen LogP contribution in [0.5, 0.6) is 0 Å². The van der Waals surface area contributed by atoms with Crippen molar-refractivity contribution in [3.8, 4) is 0 Å². The Bertz CT molecular complexity index is 291. The summed E-state index contributed by atoms with van der Waals surface area (Å²) in [6, 6.07) is 4.38. The molecule has 0 amide bonds. The van der Waals surface area contributed by atoms with Crippen LogP contribution in [0.25, 0.3) is 0 Å². The lowest BCUT2D eigenvalue weighted by Crippen LogP contribution is -2.02. The van der Waals surface area contributed by atoms with Gasteiger partial charge in [-0.3, -0.25) is 4.98 Å². The lowest BCUT2D eigenvalue weighted by molar-refractivity contribution is 0.579. The highest BCUT2D eigenvalue weighted by molar-refractivity contribution is 5.22. The fourth-order valence-corrected chi connectivity index (χ4v) is 1.79. The molecule has 1 rings (SSSR count). The van der Waals surface area contributed by atoms with Crippen LogP contribution in [0, 0.1) is 13.8 Å². The van der Waals surface area contributed by atoms with E-state index in [-0.39, 0.29) is 0 Å². The summed E-state index contributed by atoms with van der Waals surface area (Å²) in [7, 11) is 0. The number of pyridine rings is 1. The van der Waals surface area contributed by atoms with Gasteiger partial charge in [-0.1, -0.05) is 26.3 Å². The van der Waals surface area contributed by atoms with Gasteiger partial charge in [0.2, 0.25) is 0 Å². The normalized spacial score (nSPS) is 12.9. The van der Waals surface area contributed by atoms with E-state index in [1.807, 2.05) is 0 Å². The van der Waals surface area contributed by atoms with E-state index in [1.165, 1.54) is 36.2 Å². The van der Waals surface area contributed by atoms with Gasteiger partial charge in [-0.2, -0.15) is 0 Å². The molecule has 0 aliphatic carbocycles. The van der Waals surface area contributed by atoms with E-state index >= 15 is 0 Å². The van der Waals surface area contributed by atoms with E-state index in [9.17, 15) is 0 Å². The predicted octanol–water partition coefficient (Wildman–Crippen LogP) is 3.99. The van der Waals surface area contributed by atoms with Crippen LogP contribution in [0.3, 0.4) is 0 Å². The molecule has 14 heavy (non-hydrogen) atoms. The van der Waals surface area contributed by atoms with Gasteiger partial charge in [-0.05, 0) is 38.3 Å². The molecule has 0 saturated heterocycles. The van der Waals surface area contributed by atoms with Crippen molar-refractivity contribution in [1.29, 1.82) is 0 Å². The molecule has 0 spiro atoms. The summed E-state index contributed by atoms with van der Waals surface area (Å²) in [5.74, 6) is 0.652. The van der Waals surface area contributed by atoms with E-state index in [2.05, 4.69) is 44.8 Å². The third-order valence-corrected chi connectivity index (χ3v) is 2.92. The largest absolute Gasteiger partial charge is 0.258 e. The molecule has 78 valence electrons. The van der Waals surface area contributed by atoms with Crippen LogP contribution in [-0.4, -0.2) is 4.98 Å². The van der Waals surface area contributed by atoms with Gasteiger partial charge >= 0.3 is 0 Å². The first-order valence-electron chi connectivity index (χ1n) is 5.63. The summed E-state index contributed by atoms with van der Waals surface area (Å²) in [5, 5.41) is 0. The molecule has 1 aromatic heterocycles. The first-order valence-corrected chi connectivity index (χ1v) is 5.63. The highest BCUT2D eigenvalue weighted by Crippen LogP contribution is 2.23. The Hall–Kier alpha value is -0.850. The molecule has 0 aromatic carbocycles. The van der Waals surface area contributed by atoms with E-state index in [0.29, 0.717) is 5.92 Å². The summed E-state index contributed by atoms with van der Waals surface area (Å²) in [6.45, 7) is 8.70. The molecular formula is C13H21N. The Kier molecular flexibility index (Phi) is 4.12. The molecule has 1 atom stereocenters. The van der Waals surface area contributed by atoms with Gasteiger partial charge in [-0.25, -0.2) is 0 Å². The standard InChI is InChI=1S/C13H21N/c1-5-7-12(6-2)13-9-8-10(3)11(4)14-13/h8-9,12H,5-7H2,1-4H3. The quantitative estimate of drug-likeness (QED) is 0.701. The Morgan fingerprint density at radius 3 is 2.43 bits per heavy atom. The topological polar surface area (TPSA) is 12.9 Å². The molecular weight excluding hydrogens is 170 g/mol. The minimum Gasteiger partial charge on any atom is -0.258 e. The molecule has 1 aromatic rings. The van der Waals surface area contributed by atoms with E-state index in [4.69, 9.17) is 0 Å². The van der Waals surface area contributed by atoms with E-state index < -0.39 is 0 Å². The number of aryl methyl sites for hydroxylation is 2. The monoisotopic (exact) mass is 191 g/mol. The highest BCUT2D eigenvalue weighted by atomic mass is 14.7. The number of hydrogen-bond acceptors (Lipinski definition) is 1. The number of hydrogen-bond donors (Lipinski definition) is 0. The molecule has 0 radical (unpaired) electrons. The fourth-order valence-electron chi connectivity index (χ4n) is 1.79. The average molecular weight is 191 g/mol. The summed E-state index contributed by atoms with van der Waals surface area (Å²) < 4.78 is 0. The van der Waals surface area contributed by atoms with Crippen molar-refractivity contribution >= 4 is 0 Å². The molecule has 1 heteroatoms. The van der Waals surface area contributed by atoms with Crippen molar-refractivity contribution in [1.82, 2.24) is 4.98 Å². The second-order valence-corrected chi connectivity index (χ2v) is 4.03. The maximum absolute atomic E-state index is 4.66. The average Bonchev–Trinajstić information content (AvgIpc) is 2.19. The molecule has 0 aliphatic rings. The number of aromatic nitrogens is 1. The van der Waals surface area contributed by atoms with Crippen LogP contribution in [0.2, 0.25) is 0 Å². The summed E-state index contributed by atoms with van der Waals surface area (Å²) in [5.41, 5.74) is 3.75. The van der Waals surface area contributed by atoms with E-state index in [0.717, 1.165) is 0 Å². The zero-order valence-electron chi connectivity index (χ0n) is 9.80. The lowest BCUT2D eigenvalue weighted by Gasteiger charge is -2.14. The fraction of sp³-hybridized carbons (Fsp3) is 0.615. The second kappa shape index (κ2) is 5.14. The van der Waals surface area contributed by atoms with E-state index in [1.54, 1.807) is 0 Å². The molecule has 0 fully saturated rings. The minimum atomic E-state index is 0.652. The van der Waals surface area contributed by atoms with Crippen LogP contribution in [0.1, 0.15) is 56.0 Å². The molecule has 1 nitrogen and oxygen atoms in total. The van der Waals surface area contributed by atoms with Crippen molar-refractivity contribution in [3.05, 3.63) is 29.1 Å². The van der Waals surface area contributed by atoms with Gasteiger partial charge < -0.3 is 0 Å². The SMILES string of the molecule is CCCC(CC)c1ccc(C)c(C)n1. The summed E-state index contributed by atoms with van der Waals surface area (Å²) in [6.07, 6.45) is 3.70. The third-order valence-electron chi connectivity index (χ3n) is 2.92. The molecule has 1 heterocycles. The predicted molar refractivity (Wildman–Crippen MR) is 61.7 cm³/mol. The smallest absolute Gasteiger partial charge is 0.0437 e. The third kappa shape index (κ3) is 2.57. The number of rotatable bonds is 4. The van der Waals surface area contributed by atoms with Crippen molar-refractivity contribution in [2.45, 2.75) is 52.9 Å². The zero-order chi connectivity index (χ0) is 10.6. The van der Waals surface area contributed by atoms with Gasteiger partial charge in [0.1, 0.15) is 0 Å². The van der Waals surface area contributed by atoms with Crippen LogP contribution in [0.15, 0.2) is 12.1 Å². The van der Waals surface area contributed by atoms with Crippen LogP contribution in [-0.2, 0) is 0 Å². The molecule has 0 saturated carbocycles. The molecule has 0 bridgehead atoms. The Labute approximate surface area is 87.6 Å². The zero-order valence-corrected chi connectivity index (χ0v) is 9.80. The second-order valence-electron chi connectivity index (χ2n) is 4.03. The van der Waals surface area contributed by atoms with Crippen molar-refractivity contribution < 1.29 is 0 Å². The van der Waals surface area contributed by atoms with Crippen LogP contribution < -0.4 is 0 Å². The van der Waals surface area contributed by atoms with Crippen molar-refractivity contribution in [2.75, 3.05) is 0 Å². The summed E-state index contributed by atoms with van der Waals surface area (Å²) >= 11 is 0. The lowest BCUT2D eigenvalue weighted by atomic mass is 9.96. The van der Waals surface area contributed by atoms with Gasteiger partial charge in [-0.15, -0.1) is 0 Å². The molecule has 0 aliphatic heterocycles. The minimum absolute atomic E-state index is 0.652.